The lowest BCUT2D eigenvalue weighted by Crippen LogP contribution is -2.24. The number of non-ortho nitro benzene ring substituents is 1. The molecule has 1 atom stereocenters. The third kappa shape index (κ3) is 3.70. The predicted molar refractivity (Wildman–Crippen MR) is 73.3 cm³/mol. The average molecular weight is 301 g/mol. The highest BCUT2D eigenvalue weighted by Gasteiger charge is 2.14. The van der Waals surface area contributed by atoms with Crippen molar-refractivity contribution in [2.24, 2.45) is 5.92 Å². The summed E-state index contributed by atoms with van der Waals surface area (Å²) in [5.74, 6) is 0.516. The topological polar surface area (TPSA) is 55.2 Å². The van der Waals surface area contributed by atoms with Crippen LogP contribution in [0.3, 0.4) is 0 Å². The number of nitrogens with zero attached hydrogens (tertiary/aromatic N) is 1. The molecule has 0 aliphatic heterocycles. The van der Waals surface area contributed by atoms with Crippen molar-refractivity contribution < 1.29 is 4.92 Å². The van der Waals surface area contributed by atoms with Crippen molar-refractivity contribution >= 4 is 27.3 Å². The lowest BCUT2D eigenvalue weighted by Gasteiger charge is -2.22. The van der Waals surface area contributed by atoms with E-state index >= 15 is 0 Å². The zero-order valence-electron chi connectivity index (χ0n) is 10.2. The molecule has 1 aromatic carbocycles. The quantitative estimate of drug-likeness (QED) is 0.655. The van der Waals surface area contributed by atoms with Gasteiger partial charge < -0.3 is 5.32 Å². The van der Waals surface area contributed by atoms with Crippen LogP contribution in [0.25, 0.3) is 0 Å². The minimum absolute atomic E-state index is 0.0972. The van der Waals surface area contributed by atoms with Gasteiger partial charge in [-0.05, 0) is 34.3 Å². The van der Waals surface area contributed by atoms with Gasteiger partial charge in [-0.15, -0.1) is 0 Å². The summed E-state index contributed by atoms with van der Waals surface area (Å²) in [7, 11) is 0. The van der Waals surface area contributed by atoms with Crippen LogP contribution in [0, 0.1) is 16.0 Å². The fourth-order valence-electron chi connectivity index (χ4n) is 1.67. The molecule has 1 N–H and O–H groups in total. The minimum Gasteiger partial charge on any atom is -0.381 e. The Bertz CT molecular complexity index is 407. The van der Waals surface area contributed by atoms with Crippen LogP contribution in [0.5, 0.6) is 0 Å². The normalized spacial score (nSPS) is 12.5. The van der Waals surface area contributed by atoms with Gasteiger partial charge in [-0.3, -0.25) is 10.1 Å². The predicted octanol–water partition coefficient (Wildman–Crippen LogP) is 4.20. The van der Waals surface area contributed by atoms with Crippen LogP contribution < -0.4 is 5.32 Å². The standard InChI is InChI=1S/C12H17BrN2O2/c1-4-11(8(2)3)14-12-6-5-9(15(16)17)7-10(12)13/h5-8,11,14H,4H2,1-3H3. The van der Waals surface area contributed by atoms with Crippen LogP contribution in [0.1, 0.15) is 27.2 Å². The summed E-state index contributed by atoms with van der Waals surface area (Å²) >= 11 is 3.36. The first-order valence-corrected chi connectivity index (χ1v) is 6.45. The number of hydrogen-bond acceptors (Lipinski definition) is 3. The van der Waals surface area contributed by atoms with Crippen molar-refractivity contribution in [3.8, 4) is 0 Å². The Kier molecular flexibility index (Phi) is 4.93. The van der Waals surface area contributed by atoms with E-state index in [4.69, 9.17) is 0 Å². The summed E-state index contributed by atoms with van der Waals surface area (Å²) in [6.07, 6.45) is 1.01. The van der Waals surface area contributed by atoms with Gasteiger partial charge in [-0.1, -0.05) is 20.8 Å². The molecule has 1 unspecified atom stereocenters. The van der Waals surface area contributed by atoms with E-state index in [0.29, 0.717) is 12.0 Å². The Labute approximate surface area is 110 Å². The average Bonchev–Trinajstić information content (AvgIpc) is 2.26. The lowest BCUT2D eigenvalue weighted by atomic mass is 10.0. The molecule has 0 saturated carbocycles. The first-order valence-electron chi connectivity index (χ1n) is 5.66. The van der Waals surface area contributed by atoms with E-state index in [-0.39, 0.29) is 5.69 Å². The molecule has 0 heterocycles. The summed E-state index contributed by atoms with van der Waals surface area (Å²) < 4.78 is 0.728. The van der Waals surface area contributed by atoms with Gasteiger partial charge in [0.1, 0.15) is 0 Å². The summed E-state index contributed by atoms with van der Waals surface area (Å²) in [5, 5.41) is 14.0. The van der Waals surface area contributed by atoms with E-state index in [1.165, 1.54) is 12.1 Å². The van der Waals surface area contributed by atoms with Crippen molar-refractivity contribution in [1.29, 1.82) is 0 Å². The van der Waals surface area contributed by atoms with Crippen LogP contribution in [0.2, 0.25) is 0 Å². The summed E-state index contributed by atoms with van der Waals surface area (Å²) in [5.41, 5.74) is 0.996. The maximum Gasteiger partial charge on any atom is 0.270 e. The van der Waals surface area contributed by atoms with Crippen LogP contribution in [0.15, 0.2) is 22.7 Å². The summed E-state index contributed by atoms with van der Waals surface area (Å²) in [6.45, 7) is 6.43. The van der Waals surface area contributed by atoms with Crippen LogP contribution in [-0.2, 0) is 0 Å². The monoisotopic (exact) mass is 300 g/mol. The molecule has 0 amide bonds. The molecule has 0 fully saturated rings. The second kappa shape index (κ2) is 6.00. The first-order chi connectivity index (χ1) is 7.95. The number of nitro benzene ring substituents is 1. The van der Waals surface area contributed by atoms with Crippen LogP contribution in [-0.4, -0.2) is 11.0 Å². The van der Waals surface area contributed by atoms with Crippen LogP contribution in [0.4, 0.5) is 11.4 Å². The molecule has 0 bridgehead atoms. The van der Waals surface area contributed by atoms with Gasteiger partial charge in [0.2, 0.25) is 0 Å². The smallest absolute Gasteiger partial charge is 0.270 e. The highest BCUT2D eigenvalue weighted by atomic mass is 79.9. The molecule has 4 nitrogen and oxygen atoms in total. The molecule has 5 heteroatoms. The van der Waals surface area contributed by atoms with Crippen molar-refractivity contribution in [2.75, 3.05) is 5.32 Å². The second-order valence-electron chi connectivity index (χ2n) is 4.32. The van der Waals surface area contributed by atoms with Gasteiger partial charge in [0.25, 0.3) is 5.69 Å². The van der Waals surface area contributed by atoms with Gasteiger partial charge >= 0.3 is 0 Å². The lowest BCUT2D eigenvalue weighted by molar-refractivity contribution is -0.384. The molecule has 0 aliphatic carbocycles. The zero-order chi connectivity index (χ0) is 13.0. The Hall–Kier alpha value is -1.10. The van der Waals surface area contributed by atoms with E-state index in [2.05, 4.69) is 42.0 Å². The molecule has 1 aromatic rings. The van der Waals surface area contributed by atoms with E-state index in [1.807, 2.05) is 0 Å². The Morgan fingerprint density at radius 1 is 1.47 bits per heavy atom. The molecule has 0 saturated heterocycles. The van der Waals surface area contributed by atoms with E-state index in [0.717, 1.165) is 16.6 Å². The number of nitro groups is 1. The molecule has 0 aliphatic rings. The van der Waals surface area contributed by atoms with E-state index in [9.17, 15) is 10.1 Å². The Morgan fingerprint density at radius 2 is 2.12 bits per heavy atom. The Morgan fingerprint density at radius 3 is 2.53 bits per heavy atom. The maximum absolute atomic E-state index is 10.6. The number of rotatable bonds is 5. The van der Waals surface area contributed by atoms with Gasteiger partial charge in [0, 0.05) is 28.3 Å². The van der Waals surface area contributed by atoms with Crippen molar-refractivity contribution in [3.05, 3.63) is 32.8 Å². The number of anilines is 1. The van der Waals surface area contributed by atoms with Crippen LogP contribution >= 0.6 is 15.9 Å². The second-order valence-corrected chi connectivity index (χ2v) is 5.18. The number of benzene rings is 1. The van der Waals surface area contributed by atoms with Gasteiger partial charge in [0.05, 0.1) is 4.92 Å². The molecular weight excluding hydrogens is 284 g/mol. The highest BCUT2D eigenvalue weighted by molar-refractivity contribution is 9.10. The third-order valence-corrected chi connectivity index (χ3v) is 3.41. The number of hydrogen-bond donors (Lipinski definition) is 1. The van der Waals surface area contributed by atoms with Gasteiger partial charge in [-0.2, -0.15) is 0 Å². The van der Waals surface area contributed by atoms with Gasteiger partial charge in [-0.25, -0.2) is 0 Å². The fraction of sp³-hybridized carbons (Fsp3) is 0.500. The molecule has 0 spiro atoms. The largest absolute Gasteiger partial charge is 0.381 e. The number of nitrogens with one attached hydrogen (secondary N) is 1. The van der Waals surface area contributed by atoms with Gasteiger partial charge in [0.15, 0.2) is 0 Å². The Balaban J connectivity index is 2.89. The van der Waals surface area contributed by atoms with Crippen molar-refractivity contribution in [2.45, 2.75) is 33.2 Å². The summed E-state index contributed by atoms with van der Waals surface area (Å²) in [4.78, 5) is 10.2. The molecule has 0 aromatic heterocycles. The molecule has 1 rings (SSSR count). The number of halogens is 1. The molecule has 94 valence electrons. The fourth-order valence-corrected chi connectivity index (χ4v) is 2.16. The SMILES string of the molecule is CCC(Nc1ccc([N+](=O)[O-])cc1Br)C(C)C. The summed E-state index contributed by atoms with van der Waals surface area (Å²) in [6, 6.07) is 5.15. The maximum atomic E-state index is 10.6. The third-order valence-electron chi connectivity index (χ3n) is 2.75. The van der Waals surface area contributed by atoms with Crippen molar-refractivity contribution in [1.82, 2.24) is 0 Å². The highest BCUT2D eigenvalue weighted by Crippen LogP contribution is 2.28. The zero-order valence-corrected chi connectivity index (χ0v) is 11.8. The van der Waals surface area contributed by atoms with E-state index in [1.54, 1.807) is 6.07 Å². The minimum atomic E-state index is -0.395. The molecular formula is C12H17BrN2O2. The van der Waals surface area contributed by atoms with E-state index < -0.39 is 4.92 Å². The van der Waals surface area contributed by atoms with Crippen molar-refractivity contribution in [3.63, 3.8) is 0 Å². The molecule has 17 heavy (non-hydrogen) atoms. The first kappa shape index (κ1) is 14.0. The molecule has 0 radical (unpaired) electrons.